The van der Waals surface area contributed by atoms with Gasteiger partial charge in [0.05, 0.1) is 5.02 Å². The van der Waals surface area contributed by atoms with Gasteiger partial charge in [0.1, 0.15) is 0 Å². The molecule has 0 unspecified atom stereocenters. The highest BCUT2D eigenvalue weighted by molar-refractivity contribution is 6.31. The molecule has 0 spiro atoms. The molecule has 0 bridgehead atoms. The molecule has 0 aromatic carbocycles. The maximum absolute atomic E-state index is 6.02. The van der Waals surface area contributed by atoms with Gasteiger partial charge in [-0.15, -0.1) is 24.8 Å². The molecule has 2 rings (SSSR count). The van der Waals surface area contributed by atoms with Crippen LogP contribution in [0.2, 0.25) is 5.02 Å². The smallest absolute Gasteiger partial charge is 0.0634 e. The van der Waals surface area contributed by atoms with Gasteiger partial charge in [0.2, 0.25) is 0 Å². The SMILES string of the molecule is Cl.Cl.N[C@H]1CCN(Cc2ccncc2Cl)C1. The lowest BCUT2D eigenvalue weighted by molar-refractivity contribution is 0.327. The molecule has 1 atom stereocenters. The Hall–Kier alpha value is -0.0600. The van der Waals surface area contributed by atoms with Gasteiger partial charge >= 0.3 is 0 Å². The molecule has 0 radical (unpaired) electrons. The Balaban J connectivity index is 0.00000112. The van der Waals surface area contributed by atoms with Crippen LogP contribution in [0.5, 0.6) is 0 Å². The van der Waals surface area contributed by atoms with E-state index in [4.69, 9.17) is 17.3 Å². The van der Waals surface area contributed by atoms with Crippen molar-refractivity contribution in [2.75, 3.05) is 13.1 Å². The fourth-order valence-corrected chi connectivity index (χ4v) is 1.96. The first-order chi connectivity index (χ1) is 6.75. The number of hydrogen-bond acceptors (Lipinski definition) is 3. The average molecular weight is 285 g/mol. The normalized spacial score (nSPS) is 20.0. The average Bonchev–Trinajstić information content (AvgIpc) is 2.56. The Labute approximate surface area is 113 Å². The molecule has 16 heavy (non-hydrogen) atoms. The van der Waals surface area contributed by atoms with Crippen molar-refractivity contribution in [1.29, 1.82) is 0 Å². The van der Waals surface area contributed by atoms with E-state index in [2.05, 4.69) is 9.88 Å². The monoisotopic (exact) mass is 283 g/mol. The van der Waals surface area contributed by atoms with Crippen LogP contribution in [-0.4, -0.2) is 29.0 Å². The van der Waals surface area contributed by atoms with Crippen LogP contribution in [0.3, 0.4) is 0 Å². The quantitative estimate of drug-likeness (QED) is 0.904. The van der Waals surface area contributed by atoms with Gasteiger partial charge < -0.3 is 5.73 Å². The predicted octanol–water partition coefficient (Wildman–Crippen LogP) is 2.11. The molecule has 0 aliphatic carbocycles. The first-order valence-electron chi connectivity index (χ1n) is 4.82. The third-order valence-corrected chi connectivity index (χ3v) is 2.90. The van der Waals surface area contributed by atoms with Gasteiger partial charge in [0, 0.05) is 38.1 Å². The van der Waals surface area contributed by atoms with Crippen molar-refractivity contribution < 1.29 is 0 Å². The summed E-state index contributed by atoms with van der Waals surface area (Å²) in [4.78, 5) is 6.28. The summed E-state index contributed by atoms with van der Waals surface area (Å²) < 4.78 is 0. The lowest BCUT2D eigenvalue weighted by atomic mass is 10.2. The fraction of sp³-hybridized carbons (Fsp3) is 0.500. The van der Waals surface area contributed by atoms with Crippen LogP contribution in [0.4, 0.5) is 0 Å². The standard InChI is InChI=1S/C10H14ClN3.2ClH/c11-10-5-13-3-1-8(10)6-14-4-2-9(12)7-14;;/h1,3,5,9H,2,4,6-7,12H2;2*1H/t9-;;/m0../s1. The Morgan fingerprint density at radius 2 is 2.25 bits per heavy atom. The van der Waals surface area contributed by atoms with Gasteiger partial charge in [-0.05, 0) is 18.1 Å². The van der Waals surface area contributed by atoms with Gasteiger partial charge in [-0.1, -0.05) is 11.6 Å². The summed E-state index contributed by atoms with van der Waals surface area (Å²) in [7, 11) is 0. The van der Waals surface area contributed by atoms with Crippen molar-refractivity contribution in [3.8, 4) is 0 Å². The molecule has 6 heteroatoms. The number of rotatable bonds is 2. The highest BCUT2D eigenvalue weighted by Gasteiger charge is 2.19. The van der Waals surface area contributed by atoms with Crippen molar-refractivity contribution in [2.24, 2.45) is 5.73 Å². The van der Waals surface area contributed by atoms with Crippen molar-refractivity contribution in [1.82, 2.24) is 9.88 Å². The van der Waals surface area contributed by atoms with Gasteiger partial charge in [0.25, 0.3) is 0 Å². The molecule has 1 aromatic rings. The summed E-state index contributed by atoms with van der Waals surface area (Å²) in [6.45, 7) is 2.92. The largest absolute Gasteiger partial charge is 0.326 e. The minimum absolute atomic E-state index is 0. The third kappa shape index (κ3) is 4.07. The van der Waals surface area contributed by atoms with Crippen LogP contribution in [0, 0.1) is 0 Å². The van der Waals surface area contributed by atoms with Gasteiger partial charge in [0.15, 0.2) is 0 Å². The van der Waals surface area contributed by atoms with Crippen LogP contribution in [0.15, 0.2) is 18.5 Å². The molecule has 1 aromatic heterocycles. The molecular formula is C10H16Cl3N3. The Kier molecular flexibility index (Phi) is 7.27. The highest BCUT2D eigenvalue weighted by atomic mass is 35.5. The van der Waals surface area contributed by atoms with Gasteiger partial charge in [-0.25, -0.2) is 0 Å². The van der Waals surface area contributed by atoms with E-state index in [1.807, 2.05) is 6.07 Å². The van der Waals surface area contributed by atoms with E-state index < -0.39 is 0 Å². The summed E-state index contributed by atoms with van der Waals surface area (Å²) >= 11 is 6.02. The van der Waals surface area contributed by atoms with E-state index in [-0.39, 0.29) is 24.8 Å². The fourth-order valence-electron chi connectivity index (χ4n) is 1.78. The van der Waals surface area contributed by atoms with Crippen molar-refractivity contribution in [3.05, 3.63) is 29.0 Å². The molecule has 2 N–H and O–H groups in total. The minimum Gasteiger partial charge on any atom is -0.326 e. The van der Waals surface area contributed by atoms with Gasteiger partial charge in [-0.2, -0.15) is 0 Å². The topological polar surface area (TPSA) is 42.1 Å². The third-order valence-electron chi connectivity index (χ3n) is 2.56. The summed E-state index contributed by atoms with van der Waals surface area (Å²) in [5.74, 6) is 0. The number of pyridine rings is 1. The van der Waals surface area contributed by atoms with Crippen LogP contribution in [0.25, 0.3) is 0 Å². The van der Waals surface area contributed by atoms with E-state index in [1.54, 1.807) is 12.4 Å². The lowest BCUT2D eigenvalue weighted by Crippen LogP contribution is -2.26. The molecule has 1 saturated heterocycles. The maximum atomic E-state index is 6.02. The second-order valence-corrected chi connectivity index (χ2v) is 4.16. The molecule has 3 nitrogen and oxygen atoms in total. The van der Waals surface area contributed by atoms with Crippen LogP contribution < -0.4 is 5.73 Å². The predicted molar refractivity (Wildman–Crippen MR) is 71.6 cm³/mol. The molecule has 2 heterocycles. The lowest BCUT2D eigenvalue weighted by Gasteiger charge is -2.15. The number of likely N-dealkylation sites (tertiary alicyclic amines) is 1. The number of nitrogens with two attached hydrogens (primary N) is 1. The molecule has 1 aliphatic rings. The van der Waals surface area contributed by atoms with Crippen molar-refractivity contribution in [2.45, 2.75) is 19.0 Å². The second-order valence-electron chi connectivity index (χ2n) is 3.75. The van der Waals surface area contributed by atoms with E-state index in [9.17, 15) is 0 Å². The molecule has 0 saturated carbocycles. The highest BCUT2D eigenvalue weighted by Crippen LogP contribution is 2.18. The Bertz CT molecular complexity index is 322. The number of hydrogen-bond donors (Lipinski definition) is 1. The number of aromatic nitrogens is 1. The first kappa shape index (κ1) is 15.9. The zero-order chi connectivity index (χ0) is 9.97. The number of halogens is 3. The van der Waals surface area contributed by atoms with E-state index in [0.29, 0.717) is 6.04 Å². The summed E-state index contributed by atoms with van der Waals surface area (Å²) in [5.41, 5.74) is 6.96. The van der Waals surface area contributed by atoms with Crippen LogP contribution >= 0.6 is 36.4 Å². The van der Waals surface area contributed by atoms with E-state index in [1.165, 1.54) is 0 Å². The molecule has 92 valence electrons. The molecule has 1 fully saturated rings. The zero-order valence-electron chi connectivity index (χ0n) is 8.80. The summed E-state index contributed by atoms with van der Waals surface area (Å²) in [5, 5.41) is 0.743. The van der Waals surface area contributed by atoms with Crippen molar-refractivity contribution in [3.63, 3.8) is 0 Å². The minimum atomic E-state index is 0. The number of nitrogens with zero attached hydrogens (tertiary/aromatic N) is 2. The van der Waals surface area contributed by atoms with Crippen LogP contribution in [0.1, 0.15) is 12.0 Å². The van der Waals surface area contributed by atoms with Gasteiger partial charge in [-0.3, -0.25) is 9.88 Å². The summed E-state index contributed by atoms with van der Waals surface area (Å²) in [6.07, 6.45) is 4.55. The first-order valence-corrected chi connectivity index (χ1v) is 5.20. The Morgan fingerprint density at radius 1 is 1.50 bits per heavy atom. The van der Waals surface area contributed by atoms with Crippen LogP contribution in [-0.2, 0) is 6.54 Å². The van der Waals surface area contributed by atoms with Crippen molar-refractivity contribution >= 4 is 36.4 Å². The second kappa shape index (κ2) is 7.30. The van der Waals surface area contributed by atoms with E-state index in [0.717, 1.165) is 36.6 Å². The zero-order valence-corrected chi connectivity index (χ0v) is 11.2. The maximum Gasteiger partial charge on any atom is 0.0634 e. The molecular weight excluding hydrogens is 268 g/mol. The summed E-state index contributed by atoms with van der Waals surface area (Å²) in [6, 6.07) is 2.29. The Morgan fingerprint density at radius 3 is 2.81 bits per heavy atom. The molecule has 0 amide bonds. The molecule has 1 aliphatic heterocycles. The van der Waals surface area contributed by atoms with E-state index >= 15 is 0 Å².